The molecule has 5 heteroatoms. The molecule has 1 aromatic carbocycles. The van der Waals surface area contributed by atoms with E-state index in [9.17, 15) is 9.18 Å². The number of carbonyl (C=O) groups excluding carboxylic acids is 1. The van der Waals surface area contributed by atoms with Crippen molar-refractivity contribution < 1.29 is 18.7 Å². The van der Waals surface area contributed by atoms with Gasteiger partial charge in [-0.05, 0) is 31.2 Å². The summed E-state index contributed by atoms with van der Waals surface area (Å²) in [6.45, 7) is 1.47. The van der Waals surface area contributed by atoms with Crippen molar-refractivity contribution in [1.29, 1.82) is 0 Å². The summed E-state index contributed by atoms with van der Waals surface area (Å²) < 4.78 is 22.4. The van der Waals surface area contributed by atoms with E-state index in [2.05, 4.69) is 4.74 Å². The van der Waals surface area contributed by atoms with Gasteiger partial charge in [0.25, 0.3) is 0 Å². The molecule has 0 fully saturated rings. The predicted octanol–water partition coefficient (Wildman–Crippen LogP) is 1.09. The molecule has 0 bridgehead atoms. The molecule has 0 aliphatic heterocycles. The van der Waals surface area contributed by atoms with Gasteiger partial charge in [0, 0.05) is 0 Å². The van der Waals surface area contributed by atoms with E-state index in [0.29, 0.717) is 5.75 Å². The van der Waals surface area contributed by atoms with Crippen molar-refractivity contribution in [2.24, 2.45) is 5.73 Å². The van der Waals surface area contributed by atoms with Gasteiger partial charge in [-0.3, -0.25) is 0 Å². The van der Waals surface area contributed by atoms with Crippen molar-refractivity contribution in [2.45, 2.75) is 12.5 Å². The molecule has 1 unspecified atom stereocenters. The second-order valence-corrected chi connectivity index (χ2v) is 3.65. The summed E-state index contributed by atoms with van der Waals surface area (Å²) in [6, 6.07) is 5.45. The summed E-state index contributed by atoms with van der Waals surface area (Å²) >= 11 is 0. The highest BCUT2D eigenvalue weighted by atomic mass is 19.1. The molecule has 0 aliphatic carbocycles. The number of carbonyl (C=O) groups is 1. The average Bonchev–Trinajstić information content (AvgIpc) is 2.27. The van der Waals surface area contributed by atoms with Gasteiger partial charge in [0.15, 0.2) is 0 Å². The first-order chi connectivity index (χ1) is 7.45. The van der Waals surface area contributed by atoms with Crippen LogP contribution < -0.4 is 10.5 Å². The van der Waals surface area contributed by atoms with Crippen LogP contribution in [0.25, 0.3) is 0 Å². The first-order valence-electron chi connectivity index (χ1n) is 4.71. The summed E-state index contributed by atoms with van der Waals surface area (Å²) in [4.78, 5) is 11.2. The van der Waals surface area contributed by atoms with Gasteiger partial charge >= 0.3 is 5.97 Å². The van der Waals surface area contributed by atoms with E-state index in [-0.39, 0.29) is 12.4 Å². The zero-order valence-electron chi connectivity index (χ0n) is 9.20. The van der Waals surface area contributed by atoms with Crippen LogP contribution in [0.2, 0.25) is 0 Å². The Morgan fingerprint density at radius 2 is 2.00 bits per heavy atom. The molecule has 0 spiro atoms. The normalized spacial score (nSPS) is 14.0. The Hall–Kier alpha value is -1.62. The molecule has 1 atom stereocenters. The maximum atomic E-state index is 12.6. The predicted molar refractivity (Wildman–Crippen MR) is 56.5 cm³/mol. The van der Waals surface area contributed by atoms with Crippen LogP contribution in [-0.4, -0.2) is 25.2 Å². The standard InChI is InChI=1S/C11H14FNO3/c1-11(13,10(14)15-2)7-16-9-5-3-8(12)4-6-9/h3-6H,7,13H2,1-2H3. The topological polar surface area (TPSA) is 61.5 Å². The highest BCUT2D eigenvalue weighted by Crippen LogP contribution is 2.13. The Labute approximate surface area is 93.2 Å². The van der Waals surface area contributed by atoms with Crippen molar-refractivity contribution in [3.05, 3.63) is 30.1 Å². The van der Waals surface area contributed by atoms with Gasteiger partial charge in [-0.25, -0.2) is 9.18 Å². The third kappa shape index (κ3) is 3.20. The van der Waals surface area contributed by atoms with Crippen molar-refractivity contribution in [2.75, 3.05) is 13.7 Å². The maximum absolute atomic E-state index is 12.6. The zero-order chi connectivity index (χ0) is 12.2. The van der Waals surface area contributed by atoms with Crippen molar-refractivity contribution >= 4 is 5.97 Å². The Morgan fingerprint density at radius 1 is 1.44 bits per heavy atom. The van der Waals surface area contributed by atoms with Crippen molar-refractivity contribution in [3.63, 3.8) is 0 Å². The third-order valence-electron chi connectivity index (χ3n) is 2.00. The lowest BCUT2D eigenvalue weighted by molar-refractivity contribution is -0.147. The van der Waals surface area contributed by atoms with E-state index < -0.39 is 11.5 Å². The average molecular weight is 227 g/mol. The smallest absolute Gasteiger partial charge is 0.329 e. The minimum atomic E-state index is -1.22. The van der Waals surface area contributed by atoms with E-state index in [1.165, 1.54) is 38.3 Å². The largest absolute Gasteiger partial charge is 0.491 e. The number of hydrogen-bond acceptors (Lipinski definition) is 4. The highest BCUT2D eigenvalue weighted by Gasteiger charge is 2.30. The lowest BCUT2D eigenvalue weighted by Crippen LogP contribution is -2.50. The fraction of sp³-hybridized carbons (Fsp3) is 0.364. The Balaban J connectivity index is 2.57. The Bertz CT molecular complexity index is 362. The van der Waals surface area contributed by atoms with Crippen LogP contribution in [0.5, 0.6) is 5.75 Å². The van der Waals surface area contributed by atoms with Crippen LogP contribution in [0.4, 0.5) is 4.39 Å². The summed E-state index contributed by atoms with van der Waals surface area (Å²) in [5, 5.41) is 0. The van der Waals surface area contributed by atoms with Gasteiger partial charge in [0.2, 0.25) is 0 Å². The van der Waals surface area contributed by atoms with Crippen LogP contribution in [0.1, 0.15) is 6.92 Å². The van der Waals surface area contributed by atoms with E-state index >= 15 is 0 Å². The molecule has 16 heavy (non-hydrogen) atoms. The van der Waals surface area contributed by atoms with Crippen LogP contribution >= 0.6 is 0 Å². The molecule has 0 radical (unpaired) electrons. The highest BCUT2D eigenvalue weighted by molar-refractivity contribution is 5.80. The molecule has 0 amide bonds. The molecule has 1 aromatic rings. The quantitative estimate of drug-likeness (QED) is 0.782. The number of esters is 1. The molecule has 0 aromatic heterocycles. The zero-order valence-corrected chi connectivity index (χ0v) is 9.20. The molecule has 0 saturated carbocycles. The Morgan fingerprint density at radius 3 is 2.50 bits per heavy atom. The van der Waals surface area contributed by atoms with Crippen LogP contribution in [0, 0.1) is 5.82 Å². The minimum absolute atomic E-state index is 0.0364. The van der Waals surface area contributed by atoms with Crippen LogP contribution in [0.3, 0.4) is 0 Å². The molecule has 0 saturated heterocycles. The summed E-state index contributed by atoms with van der Waals surface area (Å²) in [7, 11) is 1.26. The number of hydrogen-bond donors (Lipinski definition) is 1. The molecule has 0 aliphatic rings. The molecule has 0 heterocycles. The Kier molecular flexibility index (Phi) is 3.84. The lowest BCUT2D eigenvalue weighted by Gasteiger charge is -2.21. The molecule has 88 valence electrons. The first kappa shape index (κ1) is 12.4. The summed E-state index contributed by atoms with van der Waals surface area (Å²) in [5.41, 5.74) is 4.46. The van der Waals surface area contributed by atoms with Gasteiger partial charge in [-0.1, -0.05) is 0 Å². The number of rotatable bonds is 4. The van der Waals surface area contributed by atoms with Crippen molar-refractivity contribution in [1.82, 2.24) is 0 Å². The van der Waals surface area contributed by atoms with Gasteiger partial charge < -0.3 is 15.2 Å². The summed E-state index contributed by atoms with van der Waals surface area (Å²) in [5.74, 6) is -0.465. The van der Waals surface area contributed by atoms with Crippen LogP contribution in [-0.2, 0) is 9.53 Å². The third-order valence-corrected chi connectivity index (χ3v) is 2.00. The number of benzene rings is 1. The van der Waals surface area contributed by atoms with E-state index in [0.717, 1.165) is 0 Å². The maximum Gasteiger partial charge on any atom is 0.329 e. The van der Waals surface area contributed by atoms with E-state index in [4.69, 9.17) is 10.5 Å². The fourth-order valence-electron chi connectivity index (χ4n) is 1.06. The van der Waals surface area contributed by atoms with Crippen molar-refractivity contribution in [3.8, 4) is 5.75 Å². The molecule has 1 rings (SSSR count). The fourth-order valence-corrected chi connectivity index (χ4v) is 1.06. The van der Waals surface area contributed by atoms with Gasteiger partial charge in [0.05, 0.1) is 7.11 Å². The lowest BCUT2D eigenvalue weighted by atomic mass is 10.1. The van der Waals surface area contributed by atoms with E-state index in [1.54, 1.807) is 0 Å². The number of ether oxygens (including phenoxy) is 2. The molecular weight excluding hydrogens is 213 g/mol. The summed E-state index contributed by atoms with van der Waals surface area (Å²) in [6.07, 6.45) is 0. The number of halogens is 1. The van der Waals surface area contributed by atoms with Crippen LogP contribution in [0.15, 0.2) is 24.3 Å². The van der Waals surface area contributed by atoms with Gasteiger partial charge in [-0.15, -0.1) is 0 Å². The van der Waals surface area contributed by atoms with Gasteiger partial charge in [-0.2, -0.15) is 0 Å². The molecular formula is C11H14FNO3. The SMILES string of the molecule is COC(=O)C(C)(N)COc1ccc(F)cc1. The second kappa shape index (κ2) is 4.94. The number of methoxy groups -OCH3 is 1. The molecule has 2 N–H and O–H groups in total. The molecule has 4 nitrogen and oxygen atoms in total. The first-order valence-corrected chi connectivity index (χ1v) is 4.71. The minimum Gasteiger partial charge on any atom is -0.491 e. The second-order valence-electron chi connectivity index (χ2n) is 3.65. The monoisotopic (exact) mass is 227 g/mol. The number of nitrogens with two attached hydrogens (primary N) is 1. The van der Waals surface area contributed by atoms with Gasteiger partial charge in [0.1, 0.15) is 23.7 Å². The van der Waals surface area contributed by atoms with E-state index in [1.807, 2.05) is 0 Å².